The summed E-state index contributed by atoms with van der Waals surface area (Å²) in [7, 11) is 0. The summed E-state index contributed by atoms with van der Waals surface area (Å²) >= 11 is 3.62. The number of halogens is 2. The summed E-state index contributed by atoms with van der Waals surface area (Å²) in [5, 5.41) is 0. The summed E-state index contributed by atoms with van der Waals surface area (Å²) in [6, 6.07) is 6.72. The standard InChI is InChI=1S/C13H9FINOS/c1-7(16-15)12-4-8-6-17-11-3-2-9(14)5-10(11)13(8)18-12/h2-5H,6H2,1H3/b16-7+. The van der Waals surface area contributed by atoms with E-state index in [1.165, 1.54) is 12.1 Å². The van der Waals surface area contributed by atoms with Gasteiger partial charge < -0.3 is 4.74 Å². The van der Waals surface area contributed by atoms with Crippen LogP contribution in [0.15, 0.2) is 27.5 Å². The SMILES string of the molecule is C/C(=N\I)c1cc2c(s1)-c1cc(F)ccc1OC2. The second-order valence-corrected chi connectivity index (χ2v) is 5.60. The van der Waals surface area contributed by atoms with Crippen LogP contribution in [-0.2, 0) is 6.61 Å². The molecule has 0 amide bonds. The molecule has 1 aliphatic rings. The van der Waals surface area contributed by atoms with Gasteiger partial charge in [-0.2, -0.15) is 0 Å². The first-order valence-electron chi connectivity index (χ1n) is 5.40. The van der Waals surface area contributed by atoms with Crippen LogP contribution in [0.4, 0.5) is 4.39 Å². The molecule has 0 spiro atoms. The van der Waals surface area contributed by atoms with Crippen molar-refractivity contribution in [3.05, 3.63) is 40.5 Å². The minimum absolute atomic E-state index is 0.237. The van der Waals surface area contributed by atoms with Gasteiger partial charge in [-0.1, -0.05) is 0 Å². The van der Waals surface area contributed by atoms with Gasteiger partial charge in [0.25, 0.3) is 0 Å². The van der Waals surface area contributed by atoms with Crippen molar-refractivity contribution in [2.75, 3.05) is 0 Å². The van der Waals surface area contributed by atoms with Crippen LogP contribution in [0.2, 0.25) is 0 Å². The predicted octanol–water partition coefficient (Wildman–Crippen LogP) is 4.61. The molecule has 0 atom stereocenters. The molecule has 0 saturated heterocycles. The Hall–Kier alpha value is -0.950. The highest BCUT2D eigenvalue weighted by molar-refractivity contribution is 14.1. The van der Waals surface area contributed by atoms with E-state index < -0.39 is 0 Å². The van der Waals surface area contributed by atoms with Gasteiger partial charge >= 0.3 is 0 Å². The highest BCUT2D eigenvalue weighted by Gasteiger charge is 2.21. The van der Waals surface area contributed by atoms with Crippen LogP contribution in [0, 0.1) is 5.82 Å². The van der Waals surface area contributed by atoms with Crippen LogP contribution >= 0.6 is 34.2 Å². The summed E-state index contributed by atoms with van der Waals surface area (Å²) in [5.74, 6) is 0.515. The van der Waals surface area contributed by atoms with Crippen LogP contribution in [0.3, 0.4) is 0 Å². The van der Waals surface area contributed by atoms with Gasteiger partial charge in [-0.15, -0.1) is 11.3 Å². The average molecular weight is 373 g/mol. The van der Waals surface area contributed by atoms with Gasteiger partial charge in [0, 0.05) is 20.9 Å². The second-order valence-electron chi connectivity index (χ2n) is 4.06. The van der Waals surface area contributed by atoms with Crippen LogP contribution in [0.25, 0.3) is 10.4 Å². The number of nitrogens with zero attached hydrogens (tertiary/aromatic N) is 1. The topological polar surface area (TPSA) is 21.6 Å². The summed E-state index contributed by atoms with van der Waals surface area (Å²) in [6.45, 7) is 2.51. The molecule has 0 unspecified atom stereocenters. The Labute approximate surface area is 122 Å². The van der Waals surface area contributed by atoms with Crippen LogP contribution in [0.1, 0.15) is 17.4 Å². The molecule has 3 rings (SSSR count). The highest BCUT2D eigenvalue weighted by atomic mass is 127. The molecular weight excluding hydrogens is 364 g/mol. The van der Waals surface area contributed by atoms with E-state index in [4.69, 9.17) is 4.74 Å². The van der Waals surface area contributed by atoms with E-state index in [-0.39, 0.29) is 5.82 Å². The van der Waals surface area contributed by atoms with Crippen molar-refractivity contribution in [3.63, 3.8) is 0 Å². The fourth-order valence-corrected chi connectivity index (χ4v) is 3.50. The molecule has 0 aliphatic carbocycles. The molecule has 0 radical (unpaired) electrons. The van der Waals surface area contributed by atoms with Crippen LogP contribution < -0.4 is 4.74 Å². The van der Waals surface area contributed by atoms with Crippen molar-refractivity contribution in [2.24, 2.45) is 3.21 Å². The van der Waals surface area contributed by atoms with Crippen LogP contribution in [0.5, 0.6) is 5.75 Å². The lowest BCUT2D eigenvalue weighted by Crippen LogP contribution is -2.02. The Kier molecular flexibility index (Phi) is 3.11. The maximum atomic E-state index is 13.3. The largest absolute Gasteiger partial charge is 0.488 e. The summed E-state index contributed by atoms with van der Waals surface area (Å²) < 4.78 is 23.1. The normalized spacial score (nSPS) is 13.8. The van der Waals surface area contributed by atoms with Crippen molar-refractivity contribution in [2.45, 2.75) is 13.5 Å². The van der Waals surface area contributed by atoms with Gasteiger partial charge in [-0.3, -0.25) is 0 Å². The molecule has 2 nitrogen and oxygen atoms in total. The van der Waals surface area contributed by atoms with Crippen LogP contribution in [-0.4, -0.2) is 5.71 Å². The van der Waals surface area contributed by atoms with Gasteiger partial charge in [0.1, 0.15) is 18.2 Å². The zero-order chi connectivity index (χ0) is 12.7. The molecule has 2 heterocycles. The second kappa shape index (κ2) is 4.62. The van der Waals surface area contributed by atoms with Crippen molar-refractivity contribution in [3.8, 4) is 16.2 Å². The minimum Gasteiger partial charge on any atom is -0.488 e. The lowest BCUT2D eigenvalue weighted by molar-refractivity contribution is 0.302. The molecule has 2 aromatic rings. The fraction of sp³-hybridized carbons (Fsp3) is 0.154. The highest BCUT2D eigenvalue weighted by Crippen LogP contribution is 2.42. The van der Waals surface area contributed by atoms with E-state index in [1.807, 2.05) is 29.8 Å². The molecule has 0 fully saturated rings. The van der Waals surface area contributed by atoms with Gasteiger partial charge in [0.05, 0.1) is 28.6 Å². The number of hydrogen-bond acceptors (Lipinski definition) is 3. The molecule has 0 saturated carbocycles. The lowest BCUT2D eigenvalue weighted by Gasteiger charge is -2.17. The Morgan fingerprint density at radius 2 is 2.28 bits per heavy atom. The van der Waals surface area contributed by atoms with E-state index >= 15 is 0 Å². The number of hydrogen-bond donors (Lipinski definition) is 0. The van der Waals surface area contributed by atoms with Gasteiger partial charge in [0.2, 0.25) is 0 Å². The molecular formula is C13H9FINOS. The van der Waals surface area contributed by atoms with E-state index in [1.54, 1.807) is 17.4 Å². The van der Waals surface area contributed by atoms with E-state index in [0.717, 1.165) is 32.3 Å². The minimum atomic E-state index is -0.237. The first-order valence-corrected chi connectivity index (χ1v) is 7.18. The Morgan fingerprint density at radius 1 is 1.44 bits per heavy atom. The molecule has 92 valence electrons. The summed E-state index contributed by atoms with van der Waals surface area (Å²) in [5.41, 5.74) is 2.93. The Bertz CT molecular complexity index is 650. The molecule has 1 aliphatic heterocycles. The number of benzene rings is 1. The van der Waals surface area contributed by atoms with Crippen molar-refractivity contribution >= 4 is 39.9 Å². The third kappa shape index (κ3) is 1.95. The third-order valence-corrected chi connectivity index (χ3v) is 4.90. The molecule has 5 heteroatoms. The fourth-order valence-electron chi connectivity index (χ4n) is 1.94. The lowest BCUT2D eigenvalue weighted by atomic mass is 10.1. The molecule has 1 aromatic carbocycles. The number of fused-ring (bicyclic) bond motifs is 3. The molecule has 1 aromatic heterocycles. The molecule has 18 heavy (non-hydrogen) atoms. The summed E-state index contributed by atoms with van der Waals surface area (Å²) in [4.78, 5) is 2.19. The first-order chi connectivity index (χ1) is 8.69. The third-order valence-electron chi connectivity index (χ3n) is 2.86. The smallest absolute Gasteiger partial charge is 0.128 e. The first kappa shape index (κ1) is 12.1. The Balaban J connectivity index is 2.17. The number of ether oxygens (including phenoxy) is 1. The number of thiophene rings is 1. The van der Waals surface area contributed by atoms with Crippen molar-refractivity contribution in [1.29, 1.82) is 0 Å². The quantitative estimate of drug-likeness (QED) is 0.529. The molecule has 0 bridgehead atoms. The predicted molar refractivity (Wildman–Crippen MR) is 80.3 cm³/mol. The number of rotatable bonds is 1. The van der Waals surface area contributed by atoms with Gasteiger partial charge in [-0.25, -0.2) is 7.60 Å². The van der Waals surface area contributed by atoms with Crippen molar-refractivity contribution in [1.82, 2.24) is 0 Å². The zero-order valence-corrected chi connectivity index (χ0v) is 12.5. The molecule has 0 N–H and O–H groups in total. The van der Waals surface area contributed by atoms with Gasteiger partial charge in [0.15, 0.2) is 0 Å². The van der Waals surface area contributed by atoms with E-state index in [0.29, 0.717) is 6.61 Å². The monoisotopic (exact) mass is 373 g/mol. The zero-order valence-electron chi connectivity index (χ0n) is 9.54. The van der Waals surface area contributed by atoms with Gasteiger partial charge in [-0.05, 0) is 31.2 Å². The average Bonchev–Trinajstić information content (AvgIpc) is 2.82. The van der Waals surface area contributed by atoms with Crippen molar-refractivity contribution < 1.29 is 9.13 Å². The maximum absolute atomic E-state index is 13.3. The van der Waals surface area contributed by atoms with E-state index in [9.17, 15) is 4.39 Å². The maximum Gasteiger partial charge on any atom is 0.128 e. The summed E-state index contributed by atoms with van der Waals surface area (Å²) in [6.07, 6.45) is 0. The Morgan fingerprint density at radius 3 is 3.06 bits per heavy atom. The van der Waals surface area contributed by atoms with E-state index in [2.05, 4.69) is 9.27 Å².